The van der Waals surface area contributed by atoms with E-state index in [1.165, 1.54) is 0 Å². The van der Waals surface area contributed by atoms with Gasteiger partial charge >= 0.3 is 0 Å². The molecule has 0 saturated heterocycles. The summed E-state index contributed by atoms with van der Waals surface area (Å²) in [7, 11) is 0. The molecule has 1 unspecified atom stereocenters. The highest BCUT2D eigenvalue weighted by molar-refractivity contribution is 5.90. The van der Waals surface area contributed by atoms with E-state index in [4.69, 9.17) is 5.73 Å². The highest BCUT2D eigenvalue weighted by Gasteiger charge is 1.86. The first-order chi connectivity index (χ1) is 5.41. The van der Waals surface area contributed by atoms with Crippen LogP contribution in [-0.4, -0.2) is 5.91 Å². The van der Waals surface area contributed by atoms with Crippen LogP contribution in [0.25, 0.3) is 0 Å². The molecule has 2 N–H and O–H groups in total. The minimum Gasteiger partial charge on any atom is -0.366 e. The Bertz CT molecular complexity index is 186. The Morgan fingerprint density at radius 1 is 1.67 bits per heavy atom. The molecule has 1 radical (unpaired) electrons. The predicted octanol–water partition coefficient (Wildman–Crippen LogP) is 1.85. The maximum atomic E-state index is 9.82. The minimum absolute atomic E-state index is 0.350. The van der Waals surface area contributed by atoms with Crippen LogP contribution in [0, 0.1) is 12.8 Å². The average molecular weight is 166 g/mol. The van der Waals surface area contributed by atoms with Crippen molar-refractivity contribution in [2.75, 3.05) is 0 Å². The normalized spacial score (nSPS) is 7.67. The van der Waals surface area contributed by atoms with Crippen molar-refractivity contribution in [1.29, 1.82) is 0 Å². The number of primary amides is 1. The van der Waals surface area contributed by atoms with Gasteiger partial charge in [-0.05, 0) is 25.8 Å². The van der Waals surface area contributed by atoms with Crippen LogP contribution in [0.15, 0.2) is 30.5 Å². The molecule has 0 aliphatic rings. The molecule has 0 fully saturated rings. The molecule has 0 bridgehead atoms. The lowest BCUT2D eigenvalue weighted by atomic mass is 10.2. The molecule has 0 aromatic heterocycles. The Hall–Kier alpha value is -1.27. The van der Waals surface area contributed by atoms with Gasteiger partial charge in [-0.2, -0.15) is 0 Å². The van der Waals surface area contributed by atoms with Crippen LogP contribution in [0.1, 0.15) is 13.8 Å². The van der Waals surface area contributed by atoms with Gasteiger partial charge < -0.3 is 5.73 Å². The van der Waals surface area contributed by atoms with Gasteiger partial charge in [0.2, 0.25) is 5.91 Å². The van der Waals surface area contributed by atoms with E-state index in [0.717, 1.165) is 0 Å². The second kappa shape index (κ2) is 7.83. The maximum absolute atomic E-state index is 9.82. The largest absolute Gasteiger partial charge is 0.366 e. The first-order valence-corrected chi connectivity index (χ1v) is 3.56. The molecule has 2 heteroatoms. The lowest BCUT2D eigenvalue weighted by molar-refractivity contribution is -0.114. The molecular formula is C10H16NO. The Kier molecular flexibility index (Phi) is 8.70. The van der Waals surface area contributed by atoms with E-state index in [1.807, 2.05) is 13.0 Å². The average Bonchev–Trinajstić information content (AvgIpc) is 1.87. The predicted molar refractivity (Wildman–Crippen MR) is 52.2 cm³/mol. The van der Waals surface area contributed by atoms with E-state index in [1.54, 1.807) is 6.92 Å². The number of carbonyl (C=O) groups is 1. The molecule has 0 saturated carbocycles. The van der Waals surface area contributed by atoms with Gasteiger partial charge in [0.25, 0.3) is 0 Å². The van der Waals surface area contributed by atoms with E-state index >= 15 is 0 Å². The summed E-state index contributed by atoms with van der Waals surface area (Å²) >= 11 is 0. The molecule has 1 atom stereocenters. The van der Waals surface area contributed by atoms with Gasteiger partial charge in [-0.25, -0.2) is 0 Å². The Morgan fingerprint density at radius 2 is 2.00 bits per heavy atom. The number of nitrogens with two attached hydrogens (primary N) is 1. The molecule has 0 rings (SSSR count). The first kappa shape index (κ1) is 13.3. The number of hydrogen-bond donors (Lipinski definition) is 1. The van der Waals surface area contributed by atoms with Gasteiger partial charge in [-0.1, -0.05) is 20.1 Å². The maximum Gasteiger partial charge on any atom is 0.243 e. The molecular weight excluding hydrogens is 150 g/mol. The molecule has 0 aliphatic heterocycles. The number of amides is 1. The van der Waals surface area contributed by atoms with E-state index in [0.29, 0.717) is 11.5 Å². The summed E-state index contributed by atoms with van der Waals surface area (Å²) in [6.45, 7) is 13.9. The fraction of sp³-hybridized carbons (Fsp3) is 0.300. The molecule has 2 nitrogen and oxygen atoms in total. The molecule has 0 aromatic rings. The van der Waals surface area contributed by atoms with Crippen molar-refractivity contribution in [3.63, 3.8) is 0 Å². The fourth-order valence-corrected chi connectivity index (χ4v) is 0.201. The van der Waals surface area contributed by atoms with E-state index in [2.05, 4.69) is 25.8 Å². The van der Waals surface area contributed by atoms with E-state index < -0.39 is 5.91 Å². The monoisotopic (exact) mass is 166 g/mol. The van der Waals surface area contributed by atoms with Crippen LogP contribution in [0.2, 0.25) is 0 Å². The van der Waals surface area contributed by atoms with Crippen molar-refractivity contribution in [3.05, 3.63) is 37.5 Å². The van der Waals surface area contributed by atoms with Crippen LogP contribution >= 0.6 is 0 Å². The Morgan fingerprint density at radius 3 is 2.00 bits per heavy atom. The van der Waals surface area contributed by atoms with Gasteiger partial charge in [0.15, 0.2) is 0 Å². The van der Waals surface area contributed by atoms with E-state index in [-0.39, 0.29) is 0 Å². The second-order valence-electron chi connectivity index (χ2n) is 2.49. The van der Waals surface area contributed by atoms with Gasteiger partial charge in [0, 0.05) is 5.57 Å². The highest BCUT2D eigenvalue weighted by Crippen LogP contribution is 1.87. The zero-order valence-corrected chi connectivity index (χ0v) is 7.76. The summed E-state index contributed by atoms with van der Waals surface area (Å²) in [6.07, 6.45) is 1.82. The molecule has 0 spiro atoms. The summed E-state index contributed by atoms with van der Waals surface area (Å²) in [5.41, 5.74) is 7.72. The van der Waals surface area contributed by atoms with Gasteiger partial charge in [0.1, 0.15) is 0 Å². The third-order valence-electron chi connectivity index (χ3n) is 0.823. The molecule has 67 valence electrons. The first-order valence-electron chi connectivity index (χ1n) is 3.56. The molecule has 12 heavy (non-hydrogen) atoms. The smallest absolute Gasteiger partial charge is 0.243 e. The van der Waals surface area contributed by atoms with Gasteiger partial charge in [0.05, 0.1) is 0 Å². The zero-order valence-electron chi connectivity index (χ0n) is 7.76. The topological polar surface area (TPSA) is 43.1 Å². The quantitative estimate of drug-likeness (QED) is 0.493. The van der Waals surface area contributed by atoms with Crippen LogP contribution < -0.4 is 5.73 Å². The minimum atomic E-state index is -0.435. The van der Waals surface area contributed by atoms with Crippen molar-refractivity contribution < 1.29 is 4.79 Å². The van der Waals surface area contributed by atoms with E-state index in [9.17, 15) is 4.79 Å². The van der Waals surface area contributed by atoms with Crippen molar-refractivity contribution in [3.8, 4) is 0 Å². The lowest BCUT2D eigenvalue weighted by Crippen LogP contribution is -2.10. The highest BCUT2D eigenvalue weighted by atomic mass is 16.1. The fourth-order valence-electron chi connectivity index (χ4n) is 0.201. The van der Waals surface area contributed by atoms with Crippen molar-refractivity contribution >= 4 is 5.91 Å². The number of hydrogen-bond acceptors (Lipinski definition) is 1. The lowest BCUT2D eigenvalue weighted by Gasteiger charge is -1.83. The Labute approximate surface area is 74.5 Å². The summed E-state index contributed by atoms with van der Waals surface area (Å²) in [5.74, 6) is -0.0856. The van der Waals surface area contributed by atoms with Crippen LogP contribution in [0.3, 0.4) is 0 Å². The van der Waals surface area contributed by atoms with Gasteiger partial charge in [-0.3, -0.25) is 4.79 Å². The second-order valence-corrected chi connectivity index (χ2v) is 2.49. The number of carbonyl (C=O) groups excluding carboxylic acids is 1. The Balaban J connectivity index is 0. The SMILES string of the molecule is C=C(C)C(N)=O.[CH2]C(C)C=C=C. The molecule has 0 aromatic carbocycles. The summed E-state index contributed by atoms with van der Waals surface area (Å²) in [5, 5.41) is 0. The molecule has 1 amide bonds. The summed E-state index contributed by atoms with van der Waals surface area (Å²) < 4.78 is 0. The summed E-state index contributed by atoms with van der Waals surface area (Å²) in [4.78, 5) is 9.82. The molecule has 0 aliphatic carbocycles. The van der Waals surface area contributed by atoms with Crippen molar-refractivity contribution in [2.24, 2.45) is 11.7 Å². The zero-order chi connectivity index (χ0) is 10.1. The third-order valence-corrected chi connectivity index (χ3v) is 0.823. The van der Waals surface area contributed by atoms with Crippen LogP contribution in [-0.2, 0) is 4.79 Å². The van der Waals surface area contributed by atoms with Crippen molar-refractivity contribution in [1.82, 2.24) is 0 Å². The van der Waals surface area contributed by atoms with Crippen LogP contribution in [0.5, 0.6) is 0 Å². The molecule has 0 heterocycles. The third kappa shape index (κ3) is 15.9. The number of allylic oxidation sites excluding steroid dienone is 1. The van der Waals surface area contributed by atoms with Crippen molar-refractivity contribution in [2.45, 2.75) is 13.8 Å². The number of rotatable bonds is 2. The van der Waals surface area contributed by atoms with Gasteiger partial charge in [-0.15, -0.1) is 5.73 Å². The van der Waals surface area contributed by atoms with Crippen LogP contribution in [0.4, 0.5) is 0 Å². The standard InChI is InChI=1S/C6H9.C4H7NO/c1-4-5-6(2)3;1-3(2)4(5)6/h5-6H,1-2H2,3H3;1H2,2H3,(H2,5,6). The summed E-state index contributed by atoms with van der Waals surface area (Å²) in [6, 6.07) is 0.